The third kappa shape index (κ3) is 2.39. The fourth-order valence-electron chi connectivity index (χ4n) is 0.941. The summed E-state index contributed by atoms with van der Waals surface area (Å²) in [6, 6.07) is 3.66. The van der Waals surface area contributed by atoms with Gasteiger partial charge in [-0.15, -0.1) is 0 Å². The van der Waals surface area contributed by atoms with Gasteiger partial charge in [-0.05, 0) is 26.0 Å². The highest BCUT2D eigenvalue weighted by molar-refractivity contribution is 6.59. The van der Waals surface area contributed by atoms with Crippen molar-refractivity contribution in [3.05, 3.63) is 18.4 Å². The van der Waals surface area contributed by atoms with Crippen LogP contribution in [0.3, 0.4) is 0 Å². The average molecular weight is 168 g/mol. The van der Waals surface area contributed by atoms with Gasteiger partial charge in [0, 0.05) is 13.2 Å². The van der Waals surface area contributed by atoms with Crippen molar-refractivity contribution in [2.45, 2.75) is 13.8 Å². The van der Waals surface area contributed by atoms with Gasteiger partial charge in [-0.1, -0.05) is 0 Å². The molecule has 4 heteroatoms. The Morgan fingerprint density at radius 2 is 2.00 bits per heavy atom. The van der Waals surface area contributed by atoms with E-state index in [1.54, 1.807) is 6.26 Å². The van der Waals surface area contributed by atoms with Gasteiger partial charge < -0.3 is 13.7 Å². The molecule has 0 aliphatic rings. The zero-order valence-electron chi connectivity index (χ0n) is 7.45. The molecule has 1 rings (SSSR count). The molecule has 12 heavy (non-hydrogen) atoms. The van der Waals surface area contributed by atoms with Crippen molar-refractivity contribution in [1.29, 1.82) is 0 Å². The second-order valence-corrected chi connectivity index (χ2v) is 2.26. The van der Waals surface area contributed by atoms with Crippen LogP contribution in [0.2, 0.25) is 0 Å². The molecule has 0 amide bonds. The smallest absolute Gasteiger partial charge is 0.473 e. The van der Waals surface area contributed by atoms with E-state index < -0.39 is 0 Å². The highest BCUT2D eigenvalue weighted by Gasteiger charge is 2.22. The molecule has 1 heterocycles. The van der Waals surface area contributed by atoms with Gasteiger partial charge >= 0.3 is 7.12 Å². The van der Waals surface area contributed by atoms with Crippen LogP contribution in [0, 0.1) is 0 Å². The molecule has 66 valence electrons. The molecule has 0 aromatic carbocycles. The summed E-state index contributed by atoms with van der Waals surface area (Å²) >= 11 is 0. The lowest BCUT2D eigenvalue weighted by Gasteiger charge is -2.08. The number of hydrogen-bond acceptors (Lipinski definition) is 3. The van der Waals surface area contributed by atoms with Crippen LogP contribution in [0.5, 0.6) is 0 Å². The zero-order chi connectivity index (χ0) is 8.81. The SMILES string of the molecule is CCOB(OCC)c1ccco1. The van der Waals surface area contributed by atoms with Gasteiger partial charge in [-0.25, -0.2) is 0 Å². The summed E-state index contributed by atoms with van der Waals surface area (Å²) in [5.74, 6) is 0. The Morgan fingerprint density at radius 3 is 2.42 bits per heavy atom. The first-order valence-electron chi connectivity index (χ1n) is 4.15. The van der Waals surface area contributed by atoms with Gasteiger partial charge in [-0.2, -0.15) is 0 Å². The molecule has 0 aliphatic heterocycles. The monoisotopic (exact) mass is 168 g/mol. The Bertz CT molecular complexity index is 192. The van der Waals surface area contributed by atoms with E-state index in [-0.39, 0.29) is 7.12 Å². The third-order valence-corrected chi connectivity index (χ3v) is 1.41. The molecule has 1 aromatic rings. The van der Waals surface area contributed by atoms with Crippen LogP contribution in [-0.2, 0) is 9.31 Å². The van der Waals surface area contributed by atoms with Crippen molar-refractivity contribution in [3.8, 4) is 0 Å². The molecule has 0 radical (unpaired) electrons. The van der Waals surface area contributed by atoms with Crippen LogP contribution in [0.25, 0.3) is 0 Å². The minimum absolute atomic E-state index is 0.352. The van der Waals surface area contributed by atoms with Gasteiger partial charge in [0.25, 0.3) is 0 Å². The second-order valence-electron chi connectivity index (χ2n) is 2.26. The molecule has 3 nitrogen and oxygen atoms in total. The van der Waals surface area contributed by atoms with Crippen molar-refractivity contribution in [2.75, 3.05) is 13.2 Å². The first-order chi connectivity index (χ1) is 5.88. The fraction of sp³-hybridized carbons (Fsp3) is 0.500. The molecule has 0 saturated heterocycles. The molecule has 0 bridgehead atoms. The second kappa shape index (κ2) is 5.01. The van der Waals surface area contributed by atoms with Gasteiger partial charge in [0.15, 0.2) is 0 Å². The fourth-order valence-corrected chi connectivity index (χ4v) is 0.941. The maximum Gasteiger partial charge on any atom is 0.531 e. The molecule has 0 aliphatic carbocycles. The van der Waals surface area contributed by atoms with E-state index in [4.69, 9.17) is 13.7 Å². The minimum atomic E-state index is -0.352. The first kappa shape index (κ1) is 9.35. The van der Waals surface area contributed by atoms with Gasteiger partial charge in [-0.3, -0.25) is 0 Å². The summed E-state index contributed by atoms with van der Waals surface area (Å²) in [7, 11) is -0.352. The van der Waals surface area contributed by atoms with Crippen molar-refractivity contribution in [3.63, 3.8) is 0 Å². The summed E-state index contributed by atoms with van der Waals surface area (Å²) in [5.41, 5.74) is 0.721. The summed E-state index contributed by atoms with van der Waals surface area (Å²) < 4.78 is 15.8. The lowest BCUT2D eigenvalue weighted by atomic mass is 9.86. The molecule has 0 atom stereocenters. The van der Waals surface area contributed by atoms with E-state index in [0.29, 0.717) is 13.2 Å². The lowest BCUT2D eigenvalue weighted by Crippen LogP contribution is -2.35. The molecule has 0 N–H and O–H groups in total. The van der Waals surface area contributed by atoms with E-state index in [1.807, 2.05) is 26.0 Å². The summed E-state index contributed by atoms with van der Waals surface area (Å²) in [4.78, 5) is 0. The van der Waals surface area contributed by atoms with Crippen LogP contribution in [-0.4, -0.2) is 20.3 Å². The van der Waals surface area contributed by atoms with E-state index in [2.05, 4.69) is 0 Å². The topological polar surface area (TPSA) is 31.6 Å². The Balaban J connectivity index is 2.53. The lowest BCUT2D eigenvalue weighted by molar-refractivity contribution is 0.220. The quantitative estimate of drug-likeness (QED) is 0.615. The average Bonchev–Trinajstić information content (AvgIpc) is 2.56. The molecule has 0 saturated carbocycles. The third-order valence-electron chi connectivity index (χ3n) is 1.41. The number of hydrogen-bond donors (Lipinski definition) is 0. The van der Waals surface area contributed by atoms with Crippen molar-refractivity contribution < 1.29 is 13.7 Å². The Morgan fingerprint density at radius 1 is 1.33 bits per heavy atom. The maximum atomic E-state index is 5.31. The molecule has 0 spiro atoms. The molecular weight excluding hydrogens is 155 g/mol. The molecular formula is C8H13BO3. The van der Waals surface area contributed by atoms with Crippen molar-refractivity contribution in [1.82, 2.24) is 0 Å². The Hall–Kier alpha value is -0.735. The predicted molar refractivity (Wildman–Crippen MR) is 47.3 cm³/mol. The largest absolute Gasteiger partial charge is 0.531 e. The van der Waals surface area contributed by atoms with Crippen molar-refractivity contribution >= 4 is 12.8 Å². The van der Waals surface area contributed by atoms with Crippen LogP contribution in [0.4, 0.5) is 0 Å². The number of furan rings is 1. The highest BCUT2D eigenvalue weighted by Crippen LogP contribution is 1.93. The van der Waals surface area contributed by atoms with Crippen molar-refractivity contribution in [2.24, 2.45) is 0 Å². The molecule has 0 fully saturated rings. The van der Waals surface area contributed by atoms with Crippen LogP contribution < -0.4 is 5.66 Å². The zero-order valence-corrected chi connectivity index (χ0v) is 7.45. The summed E-state index contributed by atoms with van der Waals surface area (Å²) in [6.45, 7) is 5.08. The normalized spacial score (nSPS) is 10.2. The van der Waals surface area contributed by atoms with E-state index in [1.165, 1.54) is 0 Å². The van der Waals surface area contributed by atoms with Gasteiger partial charge in [0.1, 0.15) is 5.66 Å². The van der Waals surface area contributed by atoms with E-state index in [9.17, 15) is 0 Å². The van der Waals surface area contributed by atoms with Gasteiger partial charge in [0.05, 0.1) is 6.26 Å². The van der Waals surface area contributed by atoms with Crippen LogP contribution in [0.1, 0.15) is 13.8 Å². The predicted octanol–water partition coefficient (Wildman–Crippen LogP) is 1.05. The van der Waals surface area contributed by atoms with Crippen LogP contribution >= 0.6 is 0 Å². The van der Waals surface area contributed by atoms with Crippen LogP contribution in [0.15, 0.2) is 22.8 Å². The molecule has 1 aromatic heterocycles. The van der Waals surface area contributed by atoms with E-state index >= 15 is 0 Å². The standard InChI is InChI=1S/C8H13BO3/c1-3-11-9(12-4-2)8-6-5-7-10-8/h5-7H,3-4H2,1-2H3. The number of rotatable bonds is 5. The first-order valence-corrected chi connectivity index (χ1v) is 4.15. The van der Waals surface area contributed by atoms with E-state index in [0.717, 1.165) is 5.66 Å². The van der Waals surface area contributed by atoms with Gasteiger partial charge in [0.2, 0.25) is 0 Å². The Kier molecular flexibility index (Phi) is 3.90. The molecule has 0 unspecified atom stereocenters. The minimum Gasteiger partial charge on any atom is -0.473 e. The Labute approximate surface area is 72.8 Å². The summed E-state index contributed by atoms with van der Waals surface area (Å²) in [5, 5.41) is 0. The highest BCUT2D eigenvalue weighted by atomic mass is 16.6. The maximum absolute atomic E-state index is 5.31. The summed E-state index contributed by atoms with van der Waals surface area (Å²) in [6.07, 6.45) is 1.61.